The highest BCUT2D eigenvalue weighted by molar-refractivity contribution is 14.1. The lowest BCUT2D eigenvalue weighted by atomic mass is 9.95. The zero-order valence-corrected chi connectivity index (χ0v) is 19.8. The summed E-state index contributed by atoms with van der Waals surface area (Å²) in [4.78, 5) is 0. The molecule has 0 saturated heterocycles. The maximum Gasteiger partial charge on any atom is 0.127 e. The molecule has 2 atom stereocenters. The van der Waals surface area contributed by atoms with Gasteiger partial charge in [0.2, 0.25) is 0 Å². The van der Waals surface area contributed by atoms with Crippen LogP contribution in [0.25, 0.3) is 6.08 Å². The van der Waals surface area contributed by atoms with E-state index in [-0.39, 0.29) is 0 Å². The van der Waals surface area contributed by atoms with Gasteiger partial charge in [-0.1, -0.05) is 42.5 Å². The Labute approximate surface area is 206 Å². The fourth-order valence-electron chi connectivity index (χ4n) is 3.46. The highest BCUT2D eigenvalue weighted by Crippen LogP contribution is 2.29. The topological polar surface area (TPSA) is 98.4 Å². The second kappa shape index (κ2) is 10.3. The third-order valence-electron chi connectivity index (χ3n) is 5.20. The summed E-state index contributed by atoms with van der Waals surface area (Å²) in [5.41, 5.74) is 9.63. The Balaban J connectivity index is 1.52. The second-order valence-electron chi connectivity index (χ2n) is 7.42. The summed E-state index contributed by atoms with van der Waals surface area (Å²) in [6.45, 7) is 0.476. The number of nitrogens with two attached hydrogens (primary N) is 1. The molecule has 0 bridgehead atoms. The number of benzene rings is 3. The number of ether oxygens (including phenoxy) is 1. The Morgan fingerprint density at radius 3 is 2.36 bits per heavy atom. The number of anilines is 1. The summed E-state index contributed by atoms with van der Waals surface area (Å²) in [5, 5.41) is 25.6. The smallest absolute Gasteiger partial charge is 0.127 e. The normalized spacial score (nSPS) is 17.8. The minimum atomic E-state index is -0.715. The van der Waals surface area contributed by atoms with Gasteiger partial charge < -0.3 is 10.5 Å². The van der Waals surface area contributed by atoms with E-state index in [0.717, 1.165) is 22.6 Å². The van der Waals surface area contributed by atoms with E-state index in [1.807, 2.05) is 78.9 Å². The van der Waals surface area contributed by atoms with Gasteiger partial charge in [0.15, 0.2) is 0 Å². The molecular weight excluding hydrogens is 525 g/mol. The fourth-order valence-corrected chi connectivity index (χ4v) is 3.81. The number of hydrogen-bond donors (Lipinski definition) is 1. The van der Waals surface area contributed by atoms with Crippen LogP contribution in [-0.2, 0) is 6.61 Å². The SMILES string of the molecule is N#C/C(=C/c1ccc(OCc2ccc(I)cc2)cc1)C1=NN(c2ccccc2)[C@@H](N)[C@@H]1C#N. The van der Waals surface area contributed by atoms with Crippen LogP contribution in [0.4, 0.5) is 5.69 Å². The molecule has 0 radical (unpaired) electrons. The molecule has 33 heavy (non-hydrogen) atoms. The standard InChI is InChI=1S/C26H20IN5O/c27-21-10-6-19(7-11-21)17-33-23-12-8-18(9-13-23)14-20(15-28)25-24(16-29)26(30)32(31-25)22-4-2-1-3-5-22/h1-14,24,26H,17,30H2/b20-14-/t24-,26-/m1/s1. The van der Waals surface area contributed by atoms with Crippen LogP contribution in [0.15, 0.2) is 89.5 Å². The predicted octanol–water partition coefficient (Wildman–Crippen LogP) is 5.08. The number of rotatable bonds is 6. The Hall–Kier alpha value is -3.66. The van der Waals surface area contributed by atoms with E-state index in [2.05, 4.69) is 39.8 Å². The lowest BCUT2D eigenvalue weighted by molar-refractivity contribution is 0.306. The van der Waals surface area contributed by atoms with Crippen molar-refractivity contribution in [2.24, 2.45) is 16.8 Å². The molecule has 4 rings (SSSR count). The molecule has 2 N–H and O–H groups in total. The Bertz CT molecular complexity index is 1260. The van der Waals surface area contributed by atoms with Crippen molar-refractivity contribution in [3.63, 3.8) is 0 Å². The highest BCUT2D eigenvalue weighted by Gasteiger charge is 2.37. The number of hydrazone groups is 1. The van der Waals surface area contributed by atoms with Crippen LogP contribution in [0.5, 0.6) is 5.75 Å². The number of allylic oxidation sites excluding steroid dienone is 1. The first-order valence-corrected chi connectivity index (χ1v) is 11.3. The van der Waals surface area contributed by atoms with Gasteiger partial charge in [0, 0.05) is 3.57 Å². The number of halogens is 1. The summed E-state index contributed by atoms with van der Waals surface area (Å²) in [6, 6.07) is 29.4. The van der Waals surface area contributed by atoms with Crippen molar-refractivity contribution < 1.29 is 4.74 Å². The first-order chi connectivity index (χ1) is 16.1. The summed E-state index contributed by atoms with van der Waals surface area (Å²) in [5.74, 6) is 0.0160. The molecule has 0 amide bonds. The van der Waals surface area contributed by atoms with Crippen molar-refractivity contribution in [1.29, 1.82) is 10.5 Å². The number of nitrogens with zero attached hydrogens (tertiary/aromatic N) is 4. The van der Waals surface area contributed by atoms with E-state index < -0.39 is 12.1 Å². The maximum atomic E-state index is 9.80. The van der Waals surface area contributed by atoms with Crippen LogP contribution in [0.3, 0.4) is 0 Å². The van der Waals surface area contributed by atoms with Crippen molar-refractivity contribution in [3.8, 4) is 17.9 Å². The Kier molecular flexibility index (Phi) is 7.04. The average molecular weight is 545 g/mol. The van der Waals surface area contributed by atoms with E-state index in [4.69, 9.17) is 10.5 Å². The van der Waals surface area contributed by atoms with Crippen LogP contribution in [0, 0.1) is 32.2 Å². The van der Waals surface area contributed by atoms with Crippen LogP contribution in [0.2, 0.25) is 0 Å². The van der Waals surface area contributed by atoms with E-state index in [0.29, 0.717) is 17.9 Å². The van der Waals surface area contributed by atoms with E-state index in [1.165, 1.54) is 3.57 Å². The molecule has 0 saturated carbocycles. The molecule has 3 aromatic carbocycles. The third-order valence-corrected chi connectivity index (χ3v) is 5.92. The molecule has 0 aromatic heterocycles. The molecule has 0 spiro atoms. The van der Waals surface area contributed by atoms with Gasteiger partial charge in [-0.15, -0.1) is 0 Å². The number of para-hydroxylation sites is 1. The van der Waals surface area contributed by atoms with Gasteiger partial charge in [0.25, 0.3) is 0 Å². The van der Waals surface area contributed by atoms with Crippen molar-refractivity contribution >= 4 is 40.1 Å². The summed E-state index contributed by atoms with van der Waals surface area (Å²) < 4.78 is 7.03. The lowest BCUT2D eigenvalue weighted by Gasteiger charge is -2.21. The van der Waals surface area contributed by atoms with Crippen molar-refractivity contribution in [2.45, 2.75) is 12.8 Å². The van der Waals surface area contributed by atoms with Crippen LogP contribution in [-0.4, -0.2) is 11.9 Å². The largest absolute Gasteiger partial charge is 0.489 e. The van der Waals surface area contributed by atoms with Gasteiger partial charge >= 0.3 is 0 Å². The van der Waals surface area contributed by atoms with Gasteiger partial charge in [0.05, 0.1) is 23.0 Å². The molecule has 1 heterocycles. The quantitative estimate of drug-likeness (QED) is 0.344. The molecule has 3 aromatic rings. The average Bonchev–Trinajstić information content (AvgIpc) is 3.19. The molecule has 1 aliphatic heterocycles. The predicted molar refractivity (Wildman–Crippen MR) is 137 cm³/mol. The molecule has 1 aliphatic rings. The Morgan fingerprint density at radius 1 is 1.03 bits per heavy atom. The Morgan fingerprint density at radius 2 is 1.73 bits per heavy atom. The van der Waals surface area contributed by atoms with Crippen LogP contribution >= 0.6 is 22.6 Å². The second-order valence-corrected chi connectivity index (χ2v) is 8.66. The molecule has 0 unspecified atom stereocenters. The van der Waals surface area contributed by atoms with Gasteiger partial charge in [-0.25, -0.2) is 5.01 Å². The molecule has 162 valence electrons. The minimum absolute atomic E-state index is 0.308. The summed E-state index contributed by atoms with van der Waals surface area (Å²) >= 11 is 2.27. The molecule has 7 heteroatoms. The molecule has 6 nitrogen and oxygen atoms in total. The third kappa shape index (κ3) is 5.23. The fraction of sp³-hybridized carbons (Fsp3) is 0.115. The maximum absolute atomic E-state index is 9.80. The van der Waals surface area contributed by atoms with Gasteiger partial charge in [-0.2, -0.15) is 15.6 Å². The zero-order valence-electron chi connectivity index (χ0n) is 17.6. The minimum Gasteiger partial charge on any atom is -0.489 e. The molecule has 0 aliphatic carbocycles. The van der Waals surface area contributed by atoms with E-state index in [1.54, 1.807) is 11.1 Å². The van der Waals surface area contributed by atoms with Crippen molar-refractivity contribution in [1.82, 2.24) is 0 Å². The van der Waals surface area contributed by atoms with Gasteiger partial charge in [0.1, 0.15) is 30.5 Å². The monoisotopic (exact) mass is 545 g/mol. The van der Waals surface area contributed by atoms with Crippen LogP contribution < -0.4 is 15.5 Å². The zero-order chi connectivity index (χ0) is 23.2. The summed E-state index contributed by atoms with van der Waals surface area (Å²) in [6.07, 6.45) is 1.05. The molecular formula is C26H20IN5O. The van der Waals surface area contributed by atoms with Crippen LogP contribution in [0.1, 0.15) is 11.1 Å². The van der Waals surface area contributed by atoms with E-state index >= 15 is 0 Å². The molecule has 0 fully saturated rings. The lowest BCUT2D eigenvalue weighted by Crippen LogP contribution is -2.40. The van der Waals surface area contributed by atoms with Gasteiger partial charge in [-0.05, 0) is 76.2 Å². The first kappa shape index (κ1) is 22.5. The number of hydrogen-bond acceptors (Lipinski definition) is 6. The van der Waals surface area contributed by atoms with Gasteiger partial charge in [-0.3, -0.25) is 0 Å². The van der Waals surface area contributed by atoms with E-state index in [9.17, 15) is 10.5 Å². The van der Waals surface area contributed by atoms with Crippen molar-refractivity contribution in [2.75, 3.05) is 5.01 Å². The van der Waals surface area contributed by atoms with Crippen molar-refractivity contribution in [3.05, 3.63) is 99.1 Å². The first-order valence-electron chi connectivity index (χ1n) is 10.3. The summed E-state index contributed by atoms with van der Waals surface area (Å²) in [7, 11) is 0. The number of nitriles is 2. The highest BCUT2D eigenvalue weighted by atomic mass is 127.